The molecule has 0 unspecified atom stereocenters. The van der Waals surface area contributed by atoms with Crippen LogP contribution < -0.4 is 26.6 Å². The Morgan fingerprint density at radius 3 is 1.15 bits per heavy atom. The van der Waals surface area contributed by atoms with Crippen molar-refractivity contribution in [3.05, 3.63) is 71.0 Å². The molecule has 10 N–H and O–H groups in total. The number of ether oxygens (including phenoxy) is 6. The van der Waals surface area contributed by atoms with E-state index in [2.05, 4.69) is 46.5 Å². The van der Waals surface area contributed by atoms with Gasteiger partial charge in [0, 0.05) is 63.7 Å². The number of thioether (sulfide) groups is 1. The molecule has 3 aliphatic carbocycles. The third-order valence-corrected chi connectivity index (χ3v) is 23.7. The molecule has 9 aromatic rings. The van der Waals surface area contributed by atoms with Crippen LogP contribution in [0.1, 0.15) is 123 Å². The topological polar surface area (TPSA) is 371 Å². The number of aliphatic hydroxyl groups is 5. The lowest BCUT2D eigenvalue weighted by Crippen LogP contribution is -2.40. The first-order chi connectivity index (χ1) is 49.5. The highest BCUT2D eigenvalue weighted by Gasteiger charge is 2.59. The van der Waals surface area contributed by atoms with Crippen molar-refractivity contribution in [3.63, 3.8) is 0 Å². The monoisotopic (exact) mass is 1520 g/mol. The van der Waals surface area contributed by atoms with Gasteiger partial charge in [0.2, 0.25) is 11.9 Å². The maximum atomic E-state index is 10.9. The quantitative estimate of drug-likeness (QED) is 0.0181. The number of aryl methyl sites for hydroxylation is 6. The van der Waals surface area contributed by atoms with E-state index in [-0.39, 0.29) is 48.3 Å². The van der Waals surface area contributed by atoms with Gasteiger partial charge in [0.25, 0.3) is 0 Å². The normalized spacial score (nSPS) is 24.7. The van der Waals surface area contributed by atoms with Crippen molar-refractivity contribution in [3.8, 4) is 31.7 Å². The largest absolute Gasteiger partial charge is 0.390 e. The fourth-order valence-corrected chi connectivity index (χ4v) is 18.6. The van der Waals surface area contributed by atoms with Gasteiger partial charge in [-0.3, -0.25) is 15.0 Å². The minimum atomic E-state index is -1.13. The summed E-state index contributed by atoms with van der Waals surface area (Å²) in [7, 11) is 3.29. The molecule has 32 heteroatoms. The summed E-state index contributed by atoms with van der Waals surface area (Å²) in [4.78, 5) is 56.3. The number of aliphatic hydroxyl groups excluding tert-OH is 2. The summed E-state index contributed by atoms with van der Waals surface area (Å²) in [5.41, 5.74) is 7.14. The molecule has 566 valence electrons. The second-order valence-electron chi connectivity index (χ2n) is 30.2. The number of nitrogens with one attached hydrogen (secondary N) is 5. The van der Waals surface area contributed by atoms with Crippen molar-refractivity contribution in [2.45, 2.75) is 218 Å². The Hall–Kier alpha value is -6.73. The predicted molar refractivity (Wildman–Crippen MR) is 411 cm³/mol. The lowest BCUT2D eigenvalue weighted by Gasteiger charge is -2.31. The number of thiazole rings is 3. The molecule has 12 atom stereocenters. The van der Waals surface area contributed by atoms with Crippen LogP contribution in [-0.2, 0) is 28.4 Å². The minimum absolute atomic E-state index is 0.0700. The lowest BCUT2D eigenvalue weighted by atomic mass is 9.87. The average Bonchev–Trinajstić information content (AvgIpc) is 1.59. The molecule has 0 amide bonds. The Kier molecular flexibility index (Phi) is 22.8. The molecule has 0 spiro atoms. The number of pyridine rings is 3. The van der Waals surface area contributed by atoms with Gasteiger partial charge in [0.15, 0.2) is 16.7 Å². The number of methoxy groups -OCH3 is 2. The number of aromatic nitrogens is 12. The Balaban J connectivity index is 0.000000148. The maximum Gasteiger partial charge on any atom is 0.224 e. The van der Waals surface area contributed by atoms with E-state index in [0.717, 1.165) is 96.7 Å². The molecule has 105 heavy (non-hydrogen) atoms. The number of fused-ring (bicyclic) bond motifs is 5. The number of hydrogen-bond acceptors (Lipinski definition) is 32. The fourth-order valence-electron chi connectivity index (χ4n) is 14.9. The van der Waals surface area contributed by atoms with Gasteiger partial charge in [-0.1, -0.05) is 11.8 Å². The maximum absolute atomic E-state index is 10.9. The molecular formula is C73H99N17O11S4. The smallest absolute Gasteiger partial charge is 0.224 e. The summed E-state index contributed by atoms with van der Waals surface area (Å²) in [6.07, 6.45) is 6.12. The van der Waals surface area contributed by atoms with Gasteiger partial charge in [-0.25, -0.2) is 34.9 Å². The highest BCUT2D eigenvalue weighted by Crippen LogP contribution is 2.50. The van der Waals surface area contributed by atoms with Crippen LogP contribution >= 0.6 is 45.8 Å². The van der Waals surface area contributed by atoms with E-state index in [1.54, 1.807) is 63.1 Å². The zero-order chi connectivity index (χ0) is 75.6. The van der Waals surface area contributed by atoms with Crippen LogP contribution in [0.3, 0.4) is 0 Å². The van der Waals surface area contributed by atoms with Gasteiger partial charge in [-0.05, 0) is 154 Å². The fraction of sp³-hybridized carbons (Fsp3) is 0.589. The molecule has 3 saturated carbocycles. The van der Waals surface area contributed by atoms with Gasteiger partial charge < -0.3 is 80.5 Å². The Labute approximate surface area is 628 Å². The highest BCUT2D eigenvalue weighted by molar-refractivity contribution is 7.98. The summed E-state index contributed by atoms with van der Waals surface area (Å²) in [6, 6.07) is 5.19. The molecule has 2 saturated heterocycles. The van der Waals surface area contributed by atoms with Crippen LogP contribution in [0.5, 0.6) is 0 Å². The van der Waals surface area contributed by atoms with E-state index in [4.69, 9.17) is 68.3 Å². The second kappa shape index (κ2) is 30.7. The number of anilines is 5. The summed E-state index contributed by atoms with van der Waals surface area (Å²) in [6.45, 7) is 32.2. The van der Waals surface area contributed by atoms with Gasteiger partial charge >= 0.3 is 0 Å². The van der Waals surface area contributed by atoms with Crippen LogP contribution in [0, 0.1) is 59.3 Å². The third-order valence-electron chi connectivity index (χ3n) is 20.0. The number of rotatable bonds is 21. The van der Waals surface area contributed by atoms with Gasteiger partial charge in [-0.2, -0.15) is 9.97 Å². The van der Waals surface area contributed by atoms with Gasteiger partial charge in [-0.15, -0.1) is 34.0 Å². The first kappa shape index (κ1) is 77.9. The Bertz CT molecular complexity index is 4600. The minimum Gasteiger partial charge on any atom is -0.390 e. The van der Waals surface area contributed by atoms with E-state index in [1.807, 2.05) is 128 Å². The van der Waals surface area contributed by atoms with Crippen molar-refractivity contribution in [2.24, 2.45) is 17.8 Å². The molecule has 5 aliphatic rings. The molecule has 0 aromatic carbocycles. The average molecular weight is 1520 g/mol. The molecule has 0 bridgehead atoms. The van der Waals surface area contributed by atoms with Crippen LogP contribution in [0.15, 0.2) is 41.9 Å². The van der Waals surface area contributed by atoms with Crippen molar-refractivity contribution >= 4 is 106 Å². The molecule has 2 aliphatic heterocycles. The van der Waals surface area contributed by atoms with Gasteiger partial charge in [0.05, 0.1) is 131 Å². The standard InChI is InChI=1S/C26H36N6O4S.C24H31N5O3S2.C23H32N6O4S/c1-13-18(23-31-19-14(2)27-9-8-17(19)37-23)22(32-24(29-13)28-10-11-34-7)30-16-12-15(25(3,4)33)20-21(16)36-26(5,6)35-20;1-11-16(21-28-17-12(2)25-9-8-15(17)34-21)20(29-22(26-11)33-7)27-14-10-13(23(3,4)30)18-19(14)32-24(5,6)31-18;1-11-16(21-28-17-12(2)24-7-6-15(17)34-21)20(29-22(26-11)25-8-9-33-5)27-14-10-13(23(3,4)32)18(30)19(14)31/h8-9,15-16,20-21,33H,10-12H2,1-7H3,(H2,28,29,30,32);8-9,13-14,18-19,30H,10H2,1-7H3,(H,26,27,29);6-7,13-14,18-19,30-32H,8-10H2,1-5H3,(H2,25,26,27,29)/t15-,16+,20+,21-;2*13-,14+,18+,19-/m000/s1. The number of nitrogens with zero attached hydrogens (tertiary/aromatic N) is 12. The zero-order valence-corrected chi connectivity index (χ0v) is 66.3. The molecule has 5 fully saturated rings. The Morgan fingerprint density at radius 1 is 0.467 bits per heavy atom. The molecule has 0 radical (unpaired) electrons. The molecule has 28 nitrogen and oxygen atoms in total. The van der Waals surface area contributed by atoms with Crippen LogP contribution in [0.2, 0.25) is 0 Å². The molecule has 11 heterocycles. The van der Waals surface area contributed by atoms with Gasteiger partial charge in [0.1, 0.15) is 67.3 Å². The van der Waals surface area contributed by atoms with E-state index in [1.165, 1.54) is 23.1 Å². The SMILES string of the molecule is COCCNc1nc(C)c(-c2nc3c(C)nccc3s2)c(N[C@@H]2C[C@H](C(C)(C)O)[C@@H](O)[C@H]2O)n1.COCCNc1nc(C)c(-c2nc3c(C)nccc3s2)c(N[C@@H]2C[C@H](C(C)(C)O)[C@H]3OC(C)(C)O[C@H]32)n1.CSc1nc(C)c(-c2nc3c(C)nccc3s2)c(N[C@@H]2C[C@H](C(C)(C)O)[C@H]3OC(C)(C)O[C@H]32)n1. The van der Waals surface area contributed by atoms with Crippen molar-refractivity contribution in [1.82, 2.24) is 59.8 Å². The lowest BCUT2D eigenvalue weighted by molar-refractivity contribution is -0.167. The van der Waals surface area contributed by atoms with Crippen LogP contribution in [0.25, 0.3) is 62.4 Å². The van der Waals surface area contributed by atoms with Crippen molar-refractivity contribution in [1.29, 1.82) is 0 Å². The van der Waals surface area contributed by atoms with Crippen LogP contribution in [0.4, 0.5) is 29.4 Å². The first-order valence-electron chi connectivity index (χ1n) is 35.4. The third kappa shape index (κ3) is 16.8. The van der Waals surface area contributed by atoms with E-state index >= 15 is 0 Å². The summed E-state index contributed by atoms with van der Waals surface area (Å²) < 4.78 is 38.6. The Morgan fingerprint density at radius 2 is 0.810 bits per heavy atom. The van der Waals surface area contributed by atoms with Crippen LogP contribution in [-0.4, -0.2) is 215 Å². The summed E-state index contributed by atoms with van der Waals surface area (Å²) in [5, 5.41) is 73.8. The van der Waals surface area contributed by atoms with E-state index < -0.39 is 52.5 Å². The first-order valence-corrected chi connectivity index (χ1v) is 39.1. The molecule has 14 rings (SSSR count). The number of hydrogen-bond donors (Lipinski definition) is 10. The van der Waals surface area contributed by atoms with Crippen molar-refractivity contribution in [2.75, 3.05) is 73.4 Å². The zero-order valence-electron chi connectivity index (χ0n) is 63.0. The molecular weight excluding hydrogens is 1420 g/mol. The second-order valence-corrected chi connectivity index (χ2v) is 34.1. The summed E-state index contributed by atoms with van der Waals surface area (Å²) in [5.74, 6) is 0.758. The van der Waals surface area contributed by atoms with E-state index in [0.29, 0.717) is 79.9 Å². The summed E-state index contributed by atoms with van der Waals surface area (Å²) >= 11 is 6.24. The van der Waals surface area contributed by atoms with E-state index in [9.17, 15) is 25.5 Å². The van der Waals surface area contributed by atoms with Crippen molar-refractivity contribution < 1.29 is 54.0 Å². The molecule has 9 aromatic heterocycles. The predicted octanol–water partition coefficient (Wildman–Crippen LogP) is 10.6. The highest BCUT2D eigenvalue weighted by atomic mass is 32.2.